The summed E-state index contributed by atoms with van der Waals surface area (Å²) in [5.74, 6) is 0.343. The fourth-order valence-electron chi connectivity index (χ4n) is 3.39. The summed E-state index contributed by atoms with van der Waals surface area (Å²) in [6.45, 7) is 1.69. The maximum Gasteiger partial charge on any atom is 0.247 e. The molecule has 0 aliphatic rings. The van der Waals surface area contributed by atoms with Gasteiger partial charge >= 0.3 is 0 Å². The van der Waals surface area contributed by atoms with E-state index in [4.69, 9.17) is 9.15 Å². The monoisotopic (exact) mass is 446 g/mol. The molecule has 6 heteroatoms. The Morgan fingerprint density at radius 1 is 0.909 bits per heavy atom. The summed E-state index contributed by atoms with van der Waals surface area (Å²) in [7, 11) is 1.62. The van der Waals surface area contributed by atoms with Crippen LogP contribution >= 0.6 is 0 Å². The first kappa shape index (κ1) is 24.0. The quantitative estimate of drug-likeness (QED) is 0.306. The molecule has 0 fully saturated rings. The Balaban J connectivity index is 1.73. The second-order valence-corrected chi connectivity index (χ2v) is 7.66. The van der Waals surface area contributed by atoms with Gasteiger partial charge in [-0.15, -0.1) is 0 Å². The maximum absolute atomic E-state index is 13.3. The molecule has 0 radical (unpaired) electrons. The molecule has 33 heavy (non-hydrogen) atoms. The number of furan rings is 1. The van der Waals surface area contributed by atoms with Crippen LogP contribution < -0.4 is 0 Å². The van der Waals surface area contributed by atoms with E-state index in [1.807, 2.05) is 66.7 Å². The summed E-state index contributed by atoms with van der Waals surface area (Å²) >= 11 is 0. The van der Waals surface area contributed by atoms with Crippen molar-refractivity contribution in [2.45, 2.75) is 19.5 Å². The molecule has 6 nitrogen and oxygen atoms in total. The SMILES string of the molecule is COCCCN(CC(=O)N(Cc1ccccc1)Cc1ccco1)C(=O)/C=C/c1ccccc1. The molecule has 0 spiro atoms. The molecule has 0 saturated carbocycles. The van der Waals surface area contributed by atoms with Crippen LogP contribution in [0.3, 0.4) is 0 Å². The van der Waals surface area contributed by atoms with Gasteiger partial charge in [-0.05, 0) is 35.8 Å². The van der Waals surface area contributed by atoms with Crippen molar-refractivity contribution in [2.24, 2.45) is 0 Å². The van der Waals surface area contributed by atoms with E-state index in [-0.39, 0.29) is 18.4 Å². The predicted octanol–water partition coefficient (Wildman–Crippen LogP) is 4.39. The molecule has 0 unspecified atom stereocenters. The Morgan fingerprint density at radius 3 is 2.30 bits per heavy atom. The number of methoxy groups -OCH3 is 1. The van der Waals surface area contributed by atoms with Crippen LogP contribution in [0.2, 0.25) is 0 Å². The number of nitrogens with zero attached hydrogens (tertiary/aromatic N) is 2. The highest BCUT2D eigenvalue weighted by molar-refractivity contribution is 5.94. The van der Waals surface area contributed by atoms with Gasteiger partial charge in [0.2, 0.25) is 11.8 Å². The molecular formula is C27H30N2O4. The van der Waals surface area contributed by atoms with Crippen molar-refractivity contribution < 1.29 is 18.7 Å². The van der Waals surface area contributed by atoms with E-state index < -0.39 is 0 Å². The summed E-state index contributed by atoms with van der Waals surface area (Å²) in [5.41, 5.74) is 1.94. The van der Waals surface area contributed by atoms with Crippen molar-refractivity contribution in [3.05, 3.63) is 102 Å². The second-order valence-electron chi connectivity index (χ2n) is 7.66. The van der Waals surface area contributed by atoms with Gasteiger partial charge in [-0.3, -0.25) is 9.59 Å². The van der Waals surface area contributed by atoms with Crippen molar-refractivity contribution in [1.82, 2.24) is 9.80 Å². The number of carbonyl (C=O) groups is 2. The summed E-state index contributed by atoms with van der Waals surface area (Å²) in [6, 6.07) is 23.0. The van der Waals surface area contributed by atoms with Crippen LogP contribution in [-0.4, -0.2) is 48.4 Å². The summed E-state index contributed by atoms with van der Waals surface area (Å²) in [4.78, 5) is 29.6. The van der Waals surface area contributed by atoms with Crippen molar-refractivity contribution in [2.75, 3.05) is 26.8 Å². The molecule has 1 aromatic heterocycles. The average molecular weight is 447 g/mol. The Hall–Kier alpha value is -3.64. The van der Waals surface area contributed by atoms with Gasteiger partial charge < -0.3 is 19.0 Å². The molecule has 3 aromatic rings. The van der Waals surface area contributed by atoms with Gasteiger partial charge in [0.05, 0.1) is 12.8 Å². The van der Waals surface area contributed by atoms with Gasteiger partial charge in [0.25, 0.3) is 0 Å². The van der Waals surface area contributed by atoms with Crippen LogP contribution in [-0.2, 0) is 27.4 Å². The van der Waals surface area contributed by atoms with E-state index >= 15 is 0 Å². The van der Waals surface area contributed by atoms with Gasteiger partial charge in [-0.2, -0.15) is 0 Å². The molecule has 1 heterocycles. The third-order valence-corrected chi connectivity index (χ3v) is 5.13. The molecule has 0 bridgehead atoms. The Bertz CT molecular complexity index is 1000. The van der Waals surface area contributed by atoms with Crippen molar-refractivity contribution in [3.63, 3.8) is 0 Å². The molecule has 2 amide bonds. The van der Waals surface area contributed by atoms with Crippen molar-refractivity contribution >= 4 is 17.9 Å². The lowest BCUT2D eigenvalue weighted by molar-refractivity contribution is -0.139. The molecule has 3 rings (SSSR count). The van der Waals surface area contributed by atoms with E-state index in [0.29, 0.717) is 38.4 Å². The van der Waals surface area contributed by atoms with E-state index in [1.165, 1.54) is 6.08 Å². The van der Waals surface area contributed by atoms with Gasteiger partial charge in [0, 0.05) is 32.9 Å². The number of ether oxygens (including phenoxy) is 1. The largest absolute Gasteiger partial charge is 0.467 e. The normalized spacial score (nSPS) is 10.9. The summed E-state index contributed by atoms with van der Waals surface area (Å²) < 4.78 is 10.6. The standard InChI is InChI=1S/C27H30N2O4/c1-32-18-9-17-28(26(30)16-15-23-10-4-2-5-11-23)22-27(31)29(21-25-14-8-19-33-25)20-24-12-6-3-7-13-24/h2-8,10-16,19H,9,17-18,20-22H2,1H3/b16-15+. The zero-order valence-electron chi connectivity index (χ0n) is 18.9. The Labute approximate surface area is 195 Å². The molecule has 2 aromatic carbocycles. The number of benzene rings is 2. The lowest BCUT2D eigenvalue weighted by atomic mass is 10.2. The van der Waals surface area contributed by atoms with Crippen LogP contribution in [0.4, 0.5) is 0 Å². The van der Waals surface area contributed by atoms with Crippen LogP contribution in [0.15, 0.2) is 89.6 Å². The van der Waals surface area contributed by atoms with Gasteiger partial charge in [0.15, 0.2) is 0 Å². The van der Waals surface area contributed by atoms with Crippen LogP contribution in [0.1, 0.15) is 23.3 Å². The third kappa shape index (κ3) is 8.09. The molecule has 0 aliphatic carbocycles. The Kier molecular flexibility index (Phi) is 9.48. The first-order valence-electron chi connectivity index (χ1n) is 11.0. The fourth-order valence-corrected chi connectivity index (χ4v) is 3.39. The number of hydrogen-bond donors (Lipinski definition) is 0. The average Bonchev–Trinajstić information content (AvgIpc) is 3.36. The van der Waals surface area contributed by atoms with E-state index in [1.54, 1.807) is 35.3 Å². The number of rotatable bonds is 12. The lowest BCUT2D eigenvalue weighted by Gasteiger charge is -2.27. The van der Waals surface area contributed by atoms with Crippen LogP contribution in [0, 0.1) is 0 Å². The molecule has 0 atom stereocenters. The van der Waals surface area contributed by atoms with Crippen molar-refractivity contribution in [3.8, 4) is 0 Å². The van der Waals surface area contributed by atoms with Crippen molar-refractivity contribution in [1.29, 1.82) is 0 Å². The molecule has 0 N–H and O–H groups in total. The molecule has 0 aliphatic heterocycles. The summed E-state index contributed by atoms with van der Waals surface area (Å²) in [6.07, 6.45) is 5.52. The van der Waals surface area contributed by atoms with Gasteiger partial charge in [-0.1, -0.05) is 60.7 Å². The van der Waals surface area contributed by atoms with E-state index in [0.717, 1.165) is 11.1 Å². The smallest absolute Gasteiger partial charge is 0.247 e. The first-order valence-corrected chi connectivity index (χ1v) is 11.0. The van der Waals surface area contributed by atoms with E-state index in [2.05, 4.69) is 0 Å². The first-order chi connectivity index (χ1) is 16.2. The van der Waals surface area contributed by atoms with Crippen LogP contribution in [0.25, 0.3) is 6.08 Å². The molecular weight excluding hydrogens is 416 g/mol. The minimum absolute atomic E-state index is 0.0186. The topological polar surface area (TPSA) is 63.0 Å². The molecule has 0 saturated heterocycles. The fraction of sp³-hybridized carbons (Fsp3) is 0.259. The number of carbonyl (C=O) groups excluding carboxylic acids is 2. The third-order valence-electron chi connectivity index (χ3n) is 5.13. The van der Waals surface area contributed by atoms with E-state index in [9.17, 15) is 9.59 Å². The number of hydrogen-bond acceptors (Lipinski definition) is 4. The highest BCUT2D eigenvalue weighted by atomic mass is 16.5. The highest BCUT2D eigenvalue weighted by Crippen LogP contribution is 2.12. The predicted molar refractivity (Wildman–Crippen MR) is 128 cm³/mol. The maximum atomic E-state index is 13.3. The lowest BCUT2D eigenvalue weighted by Crippen LogP contribution is -2.42. The number of amides is 2. The summed E-state index contributed by atoms with van der Waals surface area (Å²) in [5, 5.41) is 0. The van der Waals surface area contributed by atoms with Crippen LogP contribution in [0.5, 0.6) is 0 Å². The van der Waals surface area contributed by atoms with Gasteiger partial charge in [-0.25, -0.2) is 0 Å². The second kappa shape index (κ2) is 13.0. The van der Waals surface area contributed by atoms with Gasteiger partial charge in [0.1, 0.15) is 12.3 Å². The molecule has 172 valence electrons. The zero-order chi connectivity index (χ0) is 23.3. The minimum Gasteiger partial charge on any atom is -0.467 e. The zero-order valence-corrected chi connectivity index (χ0v) is 18.9. The highest BCUT2D eigenvalue weighted by Gasteiger charge is 2.21. The Morgan fingerprint density at radius 2 is 1.64 bits per heavy atom. The minimum atomic E-state index is -0.207.